The lowest BCUT2D eigenvalue weighted by molar-refractivity contribution is 0.0697. The van der Waals surface area contributed by atoms with E-state index in [0.29, 0.717) is 24.0 Å². The molecule has 0 fully saturated rings. The number of nitrogens with zero attached hydrogens (tertiary/aromatic N) is 2. The summed E-state index contributed by atoms with van der Waals surface area (Å²) in [5.74, 6) is 1.59. The standard InChI is InChI=1S/C19H18N2O4S/c1-13(26-12-11-24-16-5-3-2-4-6-16)17-20-21-18(25-17)14-7-9-15(10-8-14)19(22)23/h2-10,13H,11-12H2,1H3,(H,22,23). The van der Waals surface area contributed by atoms with Gasteiger partial charge in [0.1, 0.15) is 5.75 Å². The maximum atomic E-state index is 10.9. The second kappa shape index (κ2) is 8.53. The molecule has 1 aromatic heterocycles. The molecule has 0 aliphatic rings. The largest absolute Gasteiger partial charge is 0.493 e. The molecule has 2 aromatic carbocycles. The Labute approximate surface area is 155 Å². The van der Waals surface area contributed by atoms with Gasteiger partial charge in [0.25, 0.3) is 0 Å². The highest BCUT2D eigenvalue weighted by Gasteiger charge is 2.16. The maximum absolute atomic E-state index is 10.9. The second-order valence-corrected chi connectivity index (χ2v) is 6.95. The minimum absolute atomic E-state index is 0.0360. The number of ether oxygens (including phenoxy) is 1. The first kappa shape index (κ1) is 18.0. The average molecular weight is 370 g/mol. The molecule has 0 radical (unpaired) electrons. The maximum Gasteiger partial charge on any atom is 0.335 e. The Morgan fingerprint density at radius 1 is 1.15 bits per heavy atom. The van der Waals surface area contributed by atoms with E-state index in [1.54, 1.807) is 23.9 Å². The van der Waals surface area contributed by atoms with Crippen LogP contribution in [-0.2, 0) is 0 Å². The van der Waals surface area contributed by atoms with Gasteiger partial charge in [0.2, 0.25) is 11.8 Å². The summed E-state index contributed by atoms with van der Waals surface area (Å²) in [6.07, 6.45) is 0. The molecule has 3 aromatic rings. The fraction of sp³-hybridized carbons (Fsp3) is 0.211. The summed E-state index contributed by atoms with van der Waals surface area (Å²) in [5.41, 5.74) is 0.911. The Bertz CT molecular complexity index is 849. The Kier molecular flexibility index (Phi) is 5.91. The highest BCUT2D eigenvalue weighted by atomic mass is 32.2. The number of carboxylic acids is 1. The van der Waals surface area contributed by atoms with Gasteiger partial charge in [-0.1, -0.05) is 18.2 Å². The zero-order valence-electron chi connectivity index (χ0n) is 14.2. The van der Waals surface area contributed by atoms with Crippen molar-refractivity contribution < 1.29 is 19.1 Å². The third-order valence-electron chi connectivity index (χ3n) is 3.63. The summed E-state index contributed by atoms with van der Waals surface area (Å²) in [5, 5.41) is 17.1. The molecule has 0 spiro atoms. The first-order valence-electron chi connectivity index (χ1n) is 8.10. The van der Waals surface area contributed by atoms with Crippen molar-refractivity contribution in [2.75, 3.05) is 12.4 Å². The van der Waals surface area contributed by atoms with E-state index in [-0.39, 0.29) is 10.8 Å². The number of benzene rings is 2. The molecule has 0 saturated carbocycles. The number of carboxylic acid groups (broad SMARTS) is 1. The molecule has 26 heavy (non-hydrogen) atoms. The van der Waals surface area contributed by atoms with Crippen molar-refractivity contribution in [2.45, 2.75) is 12.2 Å². The second-order valence-electron chi connectivity index (χ2n) is 5.50. The molecular formula is C19H18N2O4S. The quantitative estimate of drug-likeness (QED) is 0.591. The Morgan fingerprint density at radius 3 is 2.58 bits per heavy atom. The minimum Gasteiger partial charge on any atom is -0.493 e. The Morgan fingerprint density at radius 2 is 1.88 bits per heavy atom. The predicted molar refractivity (Wildman–Crippen MR) is 99.5 cm³/mol. The molecule has 1 atom stereocenters. The third-order valence-corrected chi connectivity index (χ3v) is 4.73. The molecule has 1 N–H and O–H groups in total. The van der Waals surface area contributed by atoms with Crippen molar-refractivity contribution in [3.63, 3.8) is 0 Å². The number of rotatable bonds is 8. The molecule has 0 saturated heterocycles. The van der Waals surface area contributed by atoms with Crippen molar-refractivity contribution in [3.8, 4) is 17.2 Å². The van der Waals surface area contributed by atoms with E-state index in [0.717, 1.165) is 11.5 Å². The molecule has 7 heteroatoms. The van der Waals surface area contributed by atoms with Gasteiger partial charge in [0, 0.05) is 11.3 Å². The summed E-state index contributed by atoms with van der Waals surface area (Å²) in [7, 11) is 0. The lowest BCUT2D eigenvalue weighted by Crippen LogP contribution is -2.01. The molecular weight excluding hydrogens is 352 g/mol. The summed E-state index contributed by atoms with van der Waals surface area (Å²) >= 11 is 1.66. The fourth-order valence-electron chi connectivity index (χ4n) is 2.24. The predicted octanol–water partition coefficient (Wildman–Crippen LogP) is 4.31. The van der Waals surface area contributed by atoms with Crippen LogP contribution < -0.4 is 4.74 Å². The van der Waals surface area contributed by atoms with E-state index < -0.39 is 5.97 Å². The number of carbonyl (C=O) groups is 1. The van der Waals surface area contributed by atoms with Gasteiger partial charge in [-0.15, -0.1) is 22.0 Å². The summed E-state index contributed by atoms with van der Waals surface area (Å²) < 4.78 is 11.4. The first-order chi connectivity index (χ1) is 12.6. The highest BCUT2D eigenvalue weighted by Crippen LogP contribution is 2.29. The zero-order chi connectivity index (χ0) is 18.4. The van der Waals surface area contributed by atoms with Crippen LogP contribution in [0.5, 0.6) is 5.75 Å². The summed E-state index contributed by atoms with van der Waals surface area (Å²) in [4.78, 5) is 10.9. The Hall–Kier alpha value is -2.80. The average Bonchev–Trinajstić information content (AvgIpc) is 3.16. The first-order valence-corrected chi connectivity index (χ1v) is 9.15. The molecule has 0 amide bonds. The van der Waals surface area contributed by atoms with Crippen molar-refractivity contribution >= 4 is 17.7 Å². The van der Waals surface area contributed by atoms with Gasteiger partial charge in [0.05, 0.1) is 17.4 Å². The lowest BCUT2D eigenvalue weighted by atomic mass is 10.1. The number of hydrogen-bond acceptors (Lipinski definition) is 6. The number of aromatic carboxylic acids is 1. The minimum atomic E-state index is -0.967. The Balaban J connectivity index is 1.52. The van der Waals surface area contributed by atoms with Gasteiger partial charge in [-0.05, 0) is 43.3 Å². The lowest BCUT2D eigenvalue weighted by Gasteiger charge is -2.08. The number of hydrogen-bond donors (Lipinski definition) is 1. The zero-order valence-corrected chi connectivity index (χ0v) is 15.0. The molecule has 1 unspecified atom stereocenters. The van der Waals surface area contributed by atoms with Crippen LogP contribution in [0.4, 0.5) is 0 Å². The molecule has 1 heterocycles. The molecule has 3 rings (SSSR count). The number of para-hydroxylation sites is 1. The fourth-order valence-corrected chi connectivity index (χ4v) is 3.01. The highest BCUT2D eigenvalue weighted by molar-refractivity contribution is 7.99. The molecule has 0 aliphatic heterocycles. The van der Waals surface area contributed by atoms with E-state index in [1.807, 2.05) is 37.3 Å². The summed E-state index contributed by atoms with van der Waals surface area (Å²) in [6.45, 7) is 2.59. The molecule has 0 bridgehead atoms. The van der Waals surface area contributed by atoms with Crippen molar-refractivity contribution in [2.24, 2.45) is 0 Å². The van der Waals surface area contributed by atoms with Crippen LogP contribution in [0.1, 0.15) is 28.4 Å². The topological polar surface area (TPSA) is 85.5 Å². The van der Waals surface area contributed by atoms with Gasteiger partial charge >= 0.3 is 5.97 Å². The van der Waals surface area contributed by atoms with E-state index in [1.165, 1.54) is 12.1 Å². The van der Waals surface area contributed by atoms with Gasteiger partial charge in [-0.3, -0.25) is 0 Å². The normalized spacial score (nSPS) is 11.9. The van der Waals surface area contributed by atoms with Crippen LogP contribution in [-0.4, -0.2) is 33.6 Å². The van der Waals surface area contributed by atoms with Crippen molar-refractivity contribution in [1.29, 1.82) is 0 Å². The van der Waals surface area contributed by atoms with E-state index in [4.69, 9.17) is 14.3 Å². The van der Waals surface area contributed by atoms with E-state index in [2.05, 4.69) is 10.2 Å². The van der Waals surface area contributed by atoms with Gasteiger partial charge in [-0.2, -0.15) is 0 Å². The van der Waals surface area contributed by atoms with Gasteiger partial charge in [-0.25, -0.2) is 4.79 Å². The van der Waals surface area contributed by atoms with E-state index in [9.17, 15) is 4.79 Å². The molecule has 6 nitrogen and oxygen atoms in total. The third kappa shape index (κ3) is 4.64. The van der Waals surface area contributed by atoms with Crippen LogP contribution in [0, 0.1) is 0 Å². The summed E-state index contributed by atoms with van der Waals surface area (Å²) in [6, 6.07) is 16.0. The molecule has 134 valence electrons. The SMILES string of the molecule is CC(SCCOc1ccccc1)c1nnc(-c2ccc(C(=O)O)cc2)o1. The van der Waals surface area contributed by atoms with E-state index >= 15 is 0 Å². The smallest absolute Gasteiger partial charge is 0.335 e. The van der Waals surface area contributed by atoms with Crippen LogP contribution >= 0.6 is 11.8 Å². The van der Waals surface area contributed by atoms with Crippen molar-refractivity contribution in [1.82, 2.24) is 10.2 Å². The van der Waals surface area contributed by atoms with Gasteiger partial charge < -0.3 is 14.3 Å². The van der Waals surface area contributed by atoms with Crippen LogP contribution in [0.2, 0.25) is 0 Å². The molecule has 0 aliphatic carbocycles. The van der Waals surface area contributed by atoms with Crippen LogP contribution in [0.3, 0.4) is 0 Å². The van der Waals surface area contributed by atoms with Gasteiger partial charge in [0.15, 0.2) is 0 Å². The van der Waals surface area contributed by atoms with Crippen LogP contribution in [0.25, 0.3) is 11.5 Å². The van der Waals surface area contributed by atoms with Crippen molar-refractivity contribution in [3.05, 3.63) is 66.1 Å². The number of thioether (sulfide) groups is 1. The number of aromatic nitrogens is 2. The van der Waals surface area contributed by atoms with Crippen LogP contribution in [0.15, 0.2) is 59.0 Å². The monoisotopic (exact) mass is 370 g/mol.